The van der Waals surface area contributed by atoms with Gasteiger partial charge in [-0.25, -0.2) is 8.42 Å². The second kappa shape index (κ2) is 12.1. The average Bonchev–Trinajstić information content (AvgIpc) is 2.83. The van der Waals surface area contributed by atoms with Crippen molar-refractivity contribution in [2.75, 3.05) is 39.3 Å². The van der Waals surface area contributed by atoms with Gasteiger partial charge in [0.1, 0.15) is 0 Å². The van der Waals surface area contributed by atoms with Gasteiger partial charge in [-0.15, -0.1) is 0 Å². The minimum absolute atomic E-state index is 0.0710. The van der Waals surface area contributed by atoms with E-state index in [9.17, 15) is 13.2 Å². The molecule has 2 aromatic carbocycles. The number of sulfonamides is 1. The molecule has 1 aliphatic heterocycles. The maximum atomic E-state index is 12.8. The number of Topliss-reactive ketones (excluding diaryl/α,β-unsaturated/α-hetero) is 1. The molecule has 1 fully saturated rings. The van der Waals surface area contributed by atoms with Gasteiger partial charge < -0.3 is 5.32 Å². The van der Waals surface area contributed by atoms with Gasteiger partial charge in [-0.3, -0.25) is 9.69 Å². The van der Waals surface area contributed by atoms with E-state index >= 15 is 0 Å². The molecule has 0 saturated carbocycles. The molecule has 1 heterocycles. The van der Waals surface area contributed by atoms with Gasteiger partial charge in [0.2, 0.25) is 10.0 Å². The van der Waals surface area contributed by atoms with Crippen molar-refractivity contribution >= 4 is 27.4 Å². The lowest BCUT2D eigenvalue weighted by atomic mass is 10.0. The fraction of sp³-hybridized carbons (Fsp3) is 0.480. The molecule has 8 heteroatoms. The van der Waals surface area contributed by atoms with Gasteiger partial charge in [0.15, 0.2) is 5.78 Å². The Bertz CT molecular complexity index is 1020. The third-order valence-electron chi connectivity index (χ3n) is 6.24. The Hall–Kier alpha value is -1.77. The van der Waals surface area contributed by atoms with E-state index in [-0.39, 0.29) is 23.3 Å². The zero-order valence-corrected chi connectivity index (χ0v) is 21.0. The van der Waals surface area contributed by atoms with Crippen molar-refractivity contribution in [1.82, 2.24) is 14.5 Å². The molecule has 1 unspecified atom stereocenters. The summed E-state index contributed by atoms with van der Waals surface area (Å²) in [6.07, 6.45) is 3.59. The molecule has 0 aromatic heterocycles. The third kappa shape index (κ3) is 6.43. The highest BCUT2D eigenvalue weighted by molar-refractivity contribution is 7.89. The first-order valence-corrected chi connectivity index (χ1v) is 13.5. The van der Waals surface area contributed by atoms with Crippen LogP contribution in [0.3, 0.4) is 0 Å². The first-order chi connectivity index (χ1) is 15.9. The number of hydrogen-bond acceptors (Lipinski definition) is 5. The molecular weight excluding hydrogens is 458 g/mol. The van der Waals surface area contributed by atoms with E-state index in [1.807, 2.05) is 32.0 Å². The molecule has 1 aliphatic rings. The van der Waals surface area contributed by atoms with Crippen LogP contribution in [-0.4, -0.2) is 62.7 Å². The molecule has 3 rings (SSSR count). The number of piperidine rings is 1. The normalized spacial score (nSPS) is 16.1. The lowest BCUT2D eigenvalue weighted by Crippen LogP contribution is -2.40. The second-order valence-corrected chi connectivity index (χ2v) is 10.6. The number of hydrogen-bond donors (Lipinski definition) is 1. The summed E-state index contributed by atoms with van der Waals surface area (Å²) < 4.78 is 26.7. The zero-order valence-electron chi connectivity index (χ0n) is 19.5. The van der Waals surface area contributed by atoms with E-state index in [0.717, 1.165) is 23.7 Å². The third-order valence-corrected chi connectivity index (χ3v) is 8.65. The van der Waals surface area contributed by atoms with Crippen LogP contribution in [0.15, 0.2) is 53.4 Å². The van der Waals surface area contributed by atoms with E-state index in [1.165, 1.54) is 35.7 Å². The Labute approximate surface area is 203 Å². The van der Waals surface area contributed by atoms with E-state index in [1.54, 1.807) is 12.1 Å². The van der Waals surface area contributed by atoms with Gasteiger partial charge in [-0.05, 0) is 49.7 Å². The first-order valence-electron chi connectivity index (χ1n) is 11.7. The molecule has 1 atom stereocenters. The first kappa shape index (κ1) is 25.8. The van der Waals surface area contributed by atoms with Gasteiger partial charge in [0.05, 0.1) is 11.4 Å². The van der Waals surface area contributed by atoms with Crippen LogP contribution in [0.5, 0.6) is 0 Å². The number of ketones is 1. The molecule has 0 spiro atoms. The molecule has 6 nitrogen and oxygen atoms in total. The summed E-state index contributed by atoms with van der Waals surface area (Å²) in [4.78, 5) is 15.4. The topological polar surface area (TPSA) is 69.7 Å². The Balaban J connectivity index is 1.64. The maximum absolute atomic E-state index is 12.8. The van der Waals surface area contributed by atoms with Gasteiger partial charge in [-0.1, -0.05) is 62.2 Å². The van der Waals surface area contributed by atoms with Crippen molar-refractivity contribution in [3.05, 3.63) is 64.7 Å². The number of halogens is 1. The Morgan fingerprint density at radius 1 is 1.03 bits per heavy atom. The van der Waals surface area contributed by atoms with Gasteiger partial charge in [-0.2, -0.15) is 4.31 Å². The van der Waals surface area contributed by atoms with Crippen LogP contribution >= 0.6 is 11.6 Å². The molecule has 1 saturated heterocycles. The molecule has 2 aromatic rings. The van der Waals surface area contributed by atoms with Crippen LogP contribution in [0.25, 0.3) is 0 Å². The summed E-state index contributed by atoms with van der Waals surface area (Å²) in [5.74, 6) is -0.0710. The van der Waals surface area contributed by atoms with Gasteiger partial charge >= 0.3 is 0 Å². The minimum atomic E-state index is -3.53. The highest BCUT2D eigenvalue weighted by Gasteiger charge is 2.24. The second-order valence-electron chi connectivity index (χ2n) is 8.30. The van der Waals surface area contributed by atoms with Crippen LogP contribution in [0.2, 0.25) is 5.02 Å². The molecule has 33 heavy (non-hydrogen) atoms. The highest BCUT2D eigenvalue weighted by Crippen LogP contribution is 2.29. The van der Waals surface area contributed by atoms with Gasteiger partial charge in [0, 0.05) is 36.3 Å². The molecular formula is C25H34ClN3O3S. The number of rotatable bonds is 11. The van der Waals surface area contributed by atoms with E-state index in [2.05, 4.69) is 16.3 Å². The van der Waals surface area contributed by atoms with Crippen LogP contribution < -0.4 is 5.32 Å². The Kier molecular flexibility index (Phi) is 9.47. The van der Waals surface area contributed by atoms with Crippen molar-refractivity contribution in [1.29, 1.82) is 0 Å². The monoisotopic (exact) mass is 491 g/mol. The van der Waals surface area contributed by atoms with Crippen molar-refractivity contribution in [3.63, 3.8) is 0 Å². The van der Waals surface area contributed by atoms with Crippen LogP contribution in [0.4, 0.5) is 0 Å². The van der Waals surface area contributed by atoms with Crippen molar-refractivity contribution in [2.24, 2.45) is 0 Å². The smallest absolute Gasteiger partial charge is 0.243 e. The predicted molar refractivity (Wildman–Crippen MR) is 133 cm³/mol. The number of carbonyl (C=O) groups is 1. The summed E-state index contributed by atoms with van der Waals surface area (Å²) in [7, 11) is -3.53. The standard InChI is InChI=1S/C25H34ClN3O3S/c1-3-29(4-2)33(31,32)21-14-12-20(13-15-21)25(30)19-27-18-24(28-16-8-5-9-17-28)22-10-6-7-11-23(22)26/h6-7,10-15,24,27H,3-5,8-9,16-19H2,1-2H3. The molecule has 1 N–H and O–H groups in total. The van der Waals surface area contributed by atoms with Crippen LogP contribution in [0.1, 0.15) is 55.1 Å². The number of likely N-dealkylation sites (tertiary alicyclic amines) is 1. The number of benzene rings is 2. The number of nitrogens with zero attached hydrogens (tertiary/aromatic N) is 2. The number of carbonyl (C=O) groups excluding carboxylic acids is 1. The molecule has 0 aliphatic carbocycles. The SMILES string of the molecule is CCN(CC)S(=O)(=O)c1ccc(C(=O)CNCC(c2ccccc2Cl)N2CCCCC2)cc1. The summed E-state index contributed by atoms with van der Waals surface area (Å²) in [5, 5.41) is 4.05. The van der Waals surface area contributed by atoms with E-state index in [0.29, 0.717) is 25.2 Å². The molecule has 180 valence electrons. The Morgan fingerprint density at radius 3 is 2.27 bits per heavy atom. The minimum Gasteiger partial charge on any atom is -0.308 e. The lowest BCUT2D eigenvalue weighted by molar-refractivity contribution is 0.0983. The summed E-state index contributed by atoms with van der Waals surface area (Å²) >= 11 is 6.50. The molecule has 0 radical (unpaired) electrons. The van der Waals surface area contributed by atoms with Crippen molar-refractivity contribution in [3.8, 4) is 0 Å². The van der Waals surface area contributed by atoms with Crippen molar-refractivity contribution in [2.45, 2.75) is 44.0 Å². The largest absolute Gasteiger partial charge is 0.308 e. The average molecular weight is 492 g/mol. The van der Waals surface area contributed by atoms with Crippen molar-refractivity contribution < 1.29 is 13.2 Å². The lowest BCUT2D eigenvalue weighted by Gasteiger charge is -2.35. The fourth-order valence-corrected chi connectivity index (χ4v) is 6.08. The quantitative estimate of drug-likeness (QED) is 0.473. The summed E-state index contributed by atoms with van der Waals surface area (Å²) in [5.41, 5.74) is 1.57. The maximum Gasteiger partial charge on any atom is 0.243 e. The summed E-state index contributed by atoms with van der Waals surface area (Å²) in [6, 6.07) is 14.2. The molecule has 0 amide bonds. The number of nitrogens with one attached hydrogen (secondary N) is 1. The molecule has 0 bridgehead atoms. The van der Waals surface area contributed by atoms with Crippen LogP contribution in [0, 0.1) is 0 Å². The zero-order chi connectivity index (χ0) is 23.8. The fourth-order valence-electron chi connectivity index (χ4n) is 4.36. The summed E-state index contributed by atoms with van der Waals surface area (Å²) in [6.45, 7) is 7.28. The highest BCUT2D eigenvalue weighted by atomic mass is 35.5. The van der Waals surface area contributed by atoms with E-state index in [4.69, 9.17) is 11.6 Å². The van der Waals surface area contributed by atoms with Crippen LogP contribution in [-0.2, 0) is 10.0 Å². The van der Waals surface area contributed by atoms with E-state index < -0.39 is 10.0 Å². The predicted octanol–water partition coefficient (Wildman–Crippen LogP) is 4.37. The Morgan fingerprint density at radius 2 is 1.67 bits per heavy atom. The van der Waals surface area contributed by atoms with Gasteiger partial charge in [0.25, 0.3) is 0 Å².